The van der Waals surface area contributed by atoms with E-state index in [2.05, 4.69) is 10.0 Å². The van der Waals surface area contributed by atoms with E-state index in [1.807, 2.05) is 0 Å². The Labute approximate surface area is 227 Å². The summed E-state index contributed by atoms with van der Waals surface area (Å²) in [5, 5.41) is 3.09. The molecule has 2 N–H and O–H groups in total. The Bertz CT molecular complexity index is 1690. The third-order valence-electron chi connectivity index (χ3n) is 5.76. The van der Waals surface area contributed by atoms with E-state index < -0.39 is 26.0 Å². The molecule has 0 saturated carbocycles. The topological polar surface area (TPSA) is 113 Å². The zero-order valence-electron chi connectivity index (χ0n) is 20.4. The summed E-state index contributed by atoms with van der Waals surface area (Å²) in [7, 11) is -6.43. The number of sulfonamides is 2. The number of nitrogens with zero attached hydrogens (tertiary/aromatic N) is 1. The van der Waals surface area contributed by atoms with Crippen molar-refractivity contribution in [3.8, 4) is 0 Å². The second kappa shape index (κ2) is 10.9. The van der Waals surface area contributed by atoms with E-state index in [0.717, 1.165) is 4.31 Å². The molecule has 0 spiro atoms. The van der Waals surface area contributed by atoms with Gasteiger partial charge in [-0.2, -0.15) is 0 Å². The standard InChI is InChI=1S/C27H24ClN3O5S2/c1-19-12-13-20(28)18-25(19)30-37(33,34)22-16-14-21(15-17-22)29-27(32)24-10-6-7-11-26(24)31(2)38(35,36)23-8-4-3-5-9-23/h3-18,30H,1-2H3,(H,29,32). The van der Waals surface area contributed by atoms with Gasteiger partial charge in [0.05, 0.1) is 26.7 Å². The van der Waals surface area contributed by atoms with E-state index in [0.29, 0.717) is 22.0 Å². The van der Waals surface area contributed by atoms with Crippen LogP contribution in [-0.4, -0.2) is 29.8 Å². The lowest BCUT2D eigenvalue weighted by molar-refractivity contribution is 0.102. The highest BCUT2D eigenvalue weighted by Gasteiger charge is 2.25. The Morgan fingerprint density at radius 3 is 2.11 bits per heavy atom. The molecule has 0 radical (unpaired) electrons. The number of carbonyl (C=O) groups excluding carboxylic acids is 1. The molecule has 0 aromatic heterocycles. The van der Waals surface area contributed by atoms with Crippen LogP contribution in [0, 0.1) is 6.92 Å². The van der Waals surface area contributed by atoms with Crippen molar-refractivity contribution in [3.63, 3.8) is 0 Å². The molecule has 4 rings (SSSR count). The van der Waals surface area contributed by atoms with Gasteiger partial charge in [0, 0.05) is 17.8 Å². The summed E-state index contributed by atoms with van der Waals surface area (Å²) in [6, 6.07) is 24.7. The van der Waals surface area contributed by atoms with Crippen molar-refractivity contribution < 1.29 is 21.6 Å². The predicted molar refractivity (Wildman–Crippen MR) is 150 cm³/mol. The van der Waals surface area contributed by atoms with Gasteiger partial charge in [-0.3, -0.25) is 13.8 Å². The van der Waals surface area contributed by atoms with E-state index in [-0.39, 0.29) is 21.0 Å². The highest BCUT2D eigenvalue weighted by Crippen LogP contribution is 2.27. The van der Waals surface area contributed by atoms with Crippen molar-refractivity contribution in [2.45, 2.75) is 16.7 Å². The molecule has 196 valence electrons. The Hall–Kier alpha value is -3.86. The number of rotatable bonds is 8. The van der Waals surface area contributed by atoms with Crippen LogP contribution in [0.1, 0.15) is 15.9 Å². The van der Waals surface area contributed by atoms with Crippen LogP contribution >= 0.6 is 11.6 Å². The maximum Gasteiger partial charge on any atom is 0.264 e. The number of nitrogens with one attached hydrogen (secondary N) is 2. The first-order chi connectivity index (χ1) is 18.0. The third kappa shape index (κ3) is 5.83. The molecule has 11 heteroatoms. The van der Waals surface area contributed by atoms with Gasteiger partial charge in [0.25, 0.3) is 26.0 Å². The molecular formula is C27H24ClN3O5S2. The number of amides is 1. The number of hydrogen-bond acceptors (Lipinski definition) is 5. The lowest BCUT2D eigenvalue weighted by atomic mass is 10.1. The van der Waals surface area contributed by atoms with Crippen molar-refractivity contribution in [2.75, 3.05) is 21.4 Å². The molecule has 0 aliphatic rings. The lowest BCUT2D eigenvalue weighted by Gasteiger charge is -2.22. The van der Waals surface area contributed by atoms with Crippen LogP contribution in [0.3, 0.4) is 0 Å². The quantitative estimate of drug-likeness (QED) is 0.290. The van der Waals surface area contributed by atoms with Crippen molar-refractivity contribution >= 4 is 54.6 Å². The minimum atomic E-state index is -3.91. The molecule has 0 fully saturated rings. The molecule has 1 amide bonds. The van der Waals surface area contributed by atoms with Gasteiger partial charge in [0.2, 0.25) is 0 Å². The number of hydrogen-bond donors (Lipinski definition) is 2. The molecule has 0 bridgehead atoms. The first kappa shape index (κ1) is 27.2. The van der Waals surface area contributed by atoms with E-state index >= 15 is 0 Å². The number of aryl methyl sites for hydroxylation is 1. The fraction of sp³-hybridized carbons (Fsp3) is 0.0741. The SMILES string of the molecule is Cc1ccc(Cl)cc1NS(=O)(=O)c1ccc(NC(=O)c2ccccc2N(C)S(=O)(=O)c2ccccc2)cc1. The van der Waals surface area contributed by atoms with E-state index in [1.165, 1.54) is 61.6 Å². The number of para-hydroxylation sites is 1. The van der Waals surface area contributed by atoms with Crippen LogP contribution in [0.2, 0.25) is 5.02 Å². The van der Waals surface area contributed by atoms with Crippen LogP contribution in [0.4, 0.5) is 17.1 Å². The summed E-state index contributed by atoms with van der Waals surface area (Å²) in [6.07, 6.45) is 0. The summed E-state index contributed by atoms with van der Waals surface area (Å²) in [5.74, 6) is -0.556. The minimum Gasteiger partial charge on any atom is -0.322 e. The number of benzene rings is 4. The van der Waals surface area contributed by atoms with Crippen LogP contribution in [-0.2, 0) is 20.0 Å². The van der Waals surface area contributed by atoms with Crippen molar-refractivity contribution in [1.82, 2.24) is 0 Å². The van der Waals surface area contributed by atoms with Gasteiger partial charge in [-0.05, 0) is 73.2 Å². The third-order valence-corrected chi connectivity index (χ3v) is 9.16. The van der Waals surface area contributed by atoms with Gasteiger partial charge in [-0.25, -0.2) is 16.8 Å². The Morgan fingerprint density at radius 1 is 0.789 bits per heavy atom. The molecule has 0 unspecified atom stereocenters. The number of halogens is 1. The fourth-order valence-electron chi connectivity index (χ4n) is 3.64. The maximum absolute atomic E-state index is 13.1. The van der Waals surface area contributed by atoms with Gasteiger partial charge < -0.3 is 5.32 Å². The molecule has 0 saturated heterocycles. The summed E-state index contributed by atoms with van der Waals surface area (Å²) < 4.78 is 55.4. The molecule has 0 aliphatic heterocycles. The van der Waals surface area contributed by atoms with Crippen molar-refractivity contribution in [1.29, 1.82) is 0 Å². The molecule has 4 aromatic rings. The van der Waals surface area contributed by atoms with Crippen LogP contribution < -0.4 is 14.3 Å². The van der Waals surface area contributed by atoms with Crippen molar-refractivity contribution in [3.05, 3.63) is 113 Å². The zero-order valence-corrected chi connectivity index (χ0v) is 22.8. The van der Waals surface area contributed by atoms with E-state index in [4.69, 9.17) is 11.6 Å². The molecular weight excluding hydrogens is 546 g/mol. The average Bonchev–Trinajstić information content (AvgIpc) is 2.91. The minimum absolute atomic E-state index is 0.0102. The summed E-state index contributed by atoms with van der Waals surface area (Å²) in [6.45, 7) is 1.76. The van der Waals surface area contributed by atoms with Crippen molar-refractivity contribution in [2.24, 2.45) is 0 Å². The van der Waals surface area contributed by atoms with E-state index in [1.54, 1.807) is 49.4 Å². The Balaban J connectivity index is 1.54. The normalized spacial score (nSPS) is 11.6. The number of carbonyl (C=O) groups is 1. The van der Waals surface area contributed by atoms with Gasteiger partial charge >= 0.3 is 0 Å². The summed E-state index contributed by atoms with van der Waals surface area (Å²) in [4.78, 5) is 13.2. The van der Waals surface area contributed by atoms with Gasteiger partial charge in [-0.15, -0.1) is 0 Å². The predicted octanol–water partition coefficient (Wildman–Crippen LogP) is 5.53. The molecule has 0 atom stereocenters. The van der Waals surface area contributed by atoms with Crippen LogP contribution in [0.25, 0.3) is 0 Å². The first-order valence-corrected chi connectivity index (χ1v) is 14.6. The molecule has 0 heterocycles. The van der Waals surface area contributed by atoms with Crippen LogP contribution in [0.15, 0.2) is 107 Å². The van der Waals surface area contributed by atoms with Gasteiger partial charge in [0.15, 0.2) is 0 Å². The second-order valence-electron chi connectivity index (χ2n) is 8.35. The van der Waals surface area contributed by atoms with Gasteiger partial charge in [-0.1, -0.05) is 48.0 Å². The largest absolute Gasteiger partial charge is 0.322 e. The zero-order chi connectivity index (χ0) is 27.5. The molecule has 4 aromatic carbocycles. The highest BCUT2D eigenvalue weighted by atomic mass is 35.5. The monoisotopic (exact) mass is 569 g/mol. The number of anilines is 3. The smallest absolute Gasteiger partial charge is 0.264 e. The average molecular weight is 570 g/mol. The highest BCUT2D eigenvalue weighted by molar-refractivity contribution is 7.93. The molecule has 38 heavy (non-hydrogen) atoms. The fourth-order valence-corrected chi connectivity index (χ4v) is 6.17. The van der Waals surface area contributed by atoms with Crippen LogP contribution in [0.5, 0.6) is 0 Å². The summed E-state index contributed by atoms with van der Waals surface area (Å²) >= 11 is 5.99. The molecule has 0 aliphatic carbocycles. The molecule has 8 nitrogen and oxygen atoms in total. The lowest BCUT2D eigenvalue weighted by Crippen LogP contribution is -2.29. The summed E-state index contributed by atoms with van der Waals surface area (Å²) in [5.41, 5.74) is 1.72. The Kier molecular flexibility index (Phi) is 7.77. The maximum atomic E-state index is 13.1. The van der Waals surface area contributed by atoms with E-state index in [9.17, 15) is 21.6 Å². The Morgan fingerprint density at radius 2 is 1.42 bits per heavy atom. The second-order valence-corrected chi connectivity index (χ2v) is 12.4. The first-order valence-electron chi connectivity index (χ1n) is 11.3. The van der Waals surface area contributed by atoms with Gasteiger partial charge in [0.1, 0.15) is 0 Å².